The number of para-hydroxylation sites is 1. The number of hydrogen-bond acceptors (Lipinski definition) is 5. The Morgan fingerprint density at radius 3 is 2.55 bits per heavy atom. The summed E-state index contributed by atoms with van der Waals surface area (Å²) >= 11 is 0. The predicted molar refractivity (Wildman–Crippen MR) is 69.9 cm³/mol. The van der Waals surface area contributed by atoms with Crippen LogP contribution < -0.4 is 0 Å². The normalized spacial score (nSPS) is 10.8. The van der Waals surface area contributed by atoms with E-state index in [4.69, 9.17) is 0 Å². The number of nitrogens with zero attached hydrogens (tertiary/aromatic N) is 5. The molecule has 3 rings (SSSR count). The van der Waals surface area contributed by atoms with Crippen LogP contribution in [-0.4, -0.2) is 30.8 Å². The lowest BCUT2D eigenvalue weighted by Gasteiger charge is -2.01. The van der Waals surface area contributed by atoms with Crippen molar-refractivity contribution in [2.45, 2.75) is 0 Å². The zero-order valence-corrected chi connectivity index (χ0v) is 10.4. The Hall–Kier alpha value is -3.03. The molecule has 0 N–H and O–H groups in total. The molecule has 0 aliphatic rings. The number of carbonyl (C=O) groups excluding carboxylic acids is 1. The van der Waals surface area contributed by atoms with Crippen LogP contribution in [0.4, 0.5) is 5.82 Å². The van der Waals surface area contributed by atoms with Crippen molar-refractivity contribution in [3.05, 3.63) is 46.1 Å². The minimum Gasteiger partial charge on any atom is -0.358 e. The first kappa shape index (κ1) is 12.0. The van der Waals surface area contributed by atoms with Gasteiger partial charge in [-0.1, -0.05) is 18.2 Å². The van der Waals surface area contributed by atoms with Crippen LogP contribution in [0.1, 0.15) is 10.5 Å². The second-order valence-electron chi connectivity index (χ2n) is 4.15. The summed E-state index contributed by atoms with van der Waals surface area (Å²) in [6, 6.07) is 9.05. The molecule has 8 heteroatoms. The molecule has 100 valence electrons. The third kappa shape index (κ3) is 1.58. The van der Waals surface area contributed by atoms with Gasteiger partial charge in [0.25, 0.3) is 0 Å². The van der Waals surface area contributed by atoms with Crippen LogP contribution in [0.25, 0.3) is 16.7 Å². The SMILES string of the molecule is Cn1nc([N+](=O)[O-])c2c(C=O)nn(-c3ccccc3)c21. The van der Waals surface area contributed by atoms with Gasteiger partial charge in [-0.2, -0.15) is 9.78 Å². The fourth-order valence-electron chi connectivity index (χ4n) is 2.14. The van der Waals surface area contributed by atoms with Gasteiger partial charge < -0.3 is 10.1 Å². The highest BCUT2D eigenvalue weighted by atomic mass is 16.6. The zero-order valence-electron chi connectivity index (χ0n) is 10.4. The molecule has 1 aromatic carbocycles. The van der Waals surface area contributed by atoms with Crippen LogP contribution in [-0.2, 0) is 7.05 Å². The highest BCUT2D eigenvalue weighted by molar-refractivity contribution is 5.99. The average Bonchev–Trinajstić information content (AvgIpc) is 2.99. The van der Waals surface area contributed by atoms with Crippen molar-refractivity contribution in [2.75, 3.05) is 0 Å². The van der Waals surface area contributed by atoms with E-state index in [1.807, 2.05) is 18.2 Å². The summed E-state index contributed by atoms with van der Waals surface area (Å²) in [4.78, 5) is 21.5. The van der Waals surface area contributed by atoms with Crippen LogP contribution >= 0.6 is 0 Å². The summed E-state index contributed by atoms with van der Waals surface area (Å²) in [5.41, 5.74) is 1.11. The van der Waals surface area contributed by atoms with Crippen molar-refractivity contribution >= 4 is 23.1 Å². The average molecular weight is 271 g/mol. The Kier molecular flexibility index (Phi) is 2.56. The molecule has 2 heterocycles. The fraction of sp³-hybridized carbons (Fsp3) is 0.0833. The maximum Gasteiger partial charge on any atom is 0.401 e. The second-order valence-corrected chi connectivity index (χ2v) is 4.15. The van der Waals surface area contributed by atoms with Gasteiger partial charge in [0, 0.05) is 0 Å². The molecule has 0 amide bonds. The number of benzene rings is 1. The molecule has 0 saturated carbocycles. The van der Waals surface area contributed by atoms with Crippen molar-refractivity contribution in [3.8, 4) is 5.69 Å². The van der Waals surface area contributed by atoms with E-state index in [0.29, 0.717) is 17.6 Å². The Morgan fingerprint density at radius 2 is 1.95 bits per heavy atom. The molecule has 0 fully saturated rings. The van der Waals surface area contributed by atoms with Crippen molar-refractivity contribution in [1.29, 1.82) is 0 Å². The molecule has 2 aromatic heterocycles. The molecule has 3 aromatic rings. The Balaban J connectivity index is 2.41. The number of carbonyl (C=O) groups is 1. The summed E-state index contributed by atoms with van der Waals surface area (Å²) in [5.74, 6) is -0.369. The van der Waals surface area contributed by atoms with Crippen LogP contribution in [0.15, 0.2) is 30.3 Å². The van der Waals surface area contributed by atoms with Gasteiger partial charge in [0.1, 0.15) is 5.69 Å². The van der Waals surface area contributed by atoms with Gasteiger partial charge in [0.05, 0.1) is 17.8 Å². The summed E-state index contributed by atoms with van der Waals surface area (Å²) < 4.78 is 2.82. The monoisotopic (exact) mass is 271 g/mol. The fourth-order valence-corrected chi connectivity index (χ4v) is 2.14. The molecule has 0 unspecified atom stereocenters. The zero-order chi connectivity index (χ0) is 14.3. The first-order valence-corrected chi connectivity index (χ1v) is 5.74. The number of rotatable bonds is 3. The summed E-state index contributed by atoms with van der Waals surface area (Å²) in [6.07, 6.45) is 0.496. The molecule has 0 spiro atoms. The molecule has 8 nitrogen and oxygen atoms in total. The number of fused-ring (bicyclic) bond motifs is 1. The van der Waals surface area contributed by atoms with Gasteiger partial charge in [0.15, 0.2) is 17.3 Å². The Labute approximate surface area is 112 Å². The van der Waals surface area contributed by atoms with E-state index in [-0.39, 0.29) is 16.9 Å². The minimum absolute atomic E-state index is 0.00338. The van der Waals surface area contributed by atoms with Gasteiger partial charge in [0.2, 0.25) is 0 Å². The first-order valence-electron chi connectivity index (χ1n) is 5.74. The minimum atomic E-state index is -0.619. The molecule has 0 bridgehead atoms. The summed E-state index contributed by atoms with van der Waals surface area (Å²) in [6.45, 7) is 0. The van der Waals surface area contributed by atoms with E-state index in [9.17, 15) is 14.9 Å². The molecular weight excluding hydrogens is 262 g/mol. The van der Waals surface area contributed by atoms with E-state index in [1.54, 1.807) is 19.2 Å². The van der Waals surface area contributed by atoms with E-state index in [2.05, 4.69) is 10.2 Å². The van der Waals surface area contributed by atoms with E-state index in [1.165, 1.54) is 9.36 Å². The van der Waals surface area contributed by atoms with Crippen molar-refractivity contribution < 1.29 is 9.72 Å². The standard InChI is InChI=1S/C12H9N5O3/c1-15-12-10(11(14-15)17(19)20)9(7-18)13-16(12)8-5-3-2-4-6-8/h2-7H,1H3. The van der Waals surface area contributed by atoms with Gasteiger partial charge >= 0.3 is 5.82 Å². The van der Waals surface area contributed by atoms with E-state index in [0.717, 1.165) is 0 Å². The van der Waals surface area contributed by atoms with Gasteiger partial charge in [-0.15, -0.1) is 0 Å². The highest BCUT2D eigenvalue weighted by Crippen LogP contribution is 2.28. The second kappa shape index (κ2) is 4.26. The number of hydrogen-bond donors (Lipinski definition) is 0. The highest BCUT2D eigenvalue weighted by Gasteiger charge is 2.28. The van der Waals surface area contributed by atoms with Gasteiger partial charge in [-0.05, 0) is 17.1 Å². The number of nitro groups is 1. The molecular formula is C12H9N5O3. The maximum atomic E-state index is 11.1. The van der Waals surface area contributed by atoms with Crippen LogP contribution in [0, 0.1) is 10.1 Å². The topological polar surface area (TPSA) is 95.8 Å². The van der Waals surface area contributed by atoms with E-state index < -0.39 is 4.92 Å². The smallest absolute Gasteiger partial charge is 0.358 e. The van der Waals surface area contributed by atoms with Crippen LogP contribution in [0.2, 0.25) is 0 Å². The van der Waals surface area contributed by atoms with Crippen LogP contribution in [0.3, 0.4) is 0 Å². The number of aldehydes is 1. The lowest BCUT2D eigenvalue weighted by molar-refractivity contribution is -0.388. The Morgan fingerprint density at radius 1 is 1.25 bits per heavy atom. The first-order chi connectivity index (χ1) is 9.63. The summed E-state index contributed by atoms with van der Waals surface area (Å²) in [7, 11) is 1.57. The number of aromatic nitrogens is 4. The van der Waals surface area contributed by atoms with Crippen molar-refractivity contribution in [2.24, 2.45) is 7.05 Å². The number of aryl methyl sites for hydroxylation is 1. The van der Waals surface area contributed by atoms with E-state index >= 15 is 0 Å². The van der Waals surface area contributed by atoms with Gasteiger partial charge in [-0.25, -0.2) is 4.68 Å². The molecule has 0 aliphatic heterocycles. The predicted octanol–water partition coefficient (Wildman–Crippen LogP) is 1.48. The lowest BCUT2D eigenvalue weighted by atomic mass is 10.3. The molecule has 0 aliphatic carbocycles. The van der Waals surface area contributed by atoms with Crippen molar-refractivity contribution in [1.82, 2.24) is 19.6 Å². The van der Waals surface area contributed by atoms with Gasteiger partial charge in [-0.3, -0.25) is 4.79 Å². The van der Waals surface area contributed by atoms with Crippen LogP contribution in [0.5, 0.6) is 0 Å². The third-order valence-electron chi connectivity index (χ3n) is 2.95. The molecule has 0 saturated heterocycles. The summed E-state index contributed by atoms with van der Waals surface area (Å²) in [5, 5.41) is 19.1. The third-order valence-corrected chi connectivity index (χ3v) is 2.95. The Bertz CT molecular complexity index is 819. The quantitative estimate of drug-likeness (QED) is 0.408. The molecule has 0 atom stereocenters. The maximum absolute atomic E-state index is 11.1. The lowest BCUT2D eigenvalue weighted by Crippen LogP contribution is -2.03. The molecule has 20 heavy (non-hydrogen) atoms. The molecule has 0 radical (unpaired) electrons. The van der Waals surface area contributed by atoms with Crippen molar-refractivity contribution in [3.63, 3.8) is 0 Å². The largest absolute Gasteiger partial charge is 0.401 e.